The van der Waals surface area contributed by atoms with Gasteiger partial charge in [0.05, 0.1) is 6.54 Å². The second kappa shape index (κ2) is 6.43. The molecule has 8 heteroatoms. The summed E-state index contributed by atoms with van der Waals surface area (Å²) in [6.07, 6.45) is -3.57. The molecule has 1 atom stereocenters. The van der Waals surface area contributed by atoms with E-state index in [1.165, 1.54) is 0 Å². The molecule has 1 unspecified atom stereocenters. The van der Waals surface area contributed by atoms with E-state index in [1.54, 1.807) is 4.90 Å². The van der Waals surface area contributed by atoms with Crippen LogP contribution < -0.4 is 5.32 Å². The molecule has 0 aromatic rings. The zero-order chi connectivity index (χ0) is 15.5. The van der Waals surface area contributed by atoms with Gasteiger partial charge in [0.15, 0.2) is 0 Å². The van der Waals surface area contributed by atoms with Gasteiger partial charge in [-0.25, -0.2) is 0 Å². The first-order valence-electron chi connectivity index (χ1n) is 6.48. The zero-order valence-electron chi connectivity index (χ0n) is 11.4. The summed E-state index contributed by atoms with van der Waals surface area (Å²) in [6, 6.07) is -0.303. The Morgan fingerprint density at radius 3 is 2.35 bits per heavy atom. The van der Waals surface area contributed by atoms with Crippen molar-refractivity contribution in [2.45, 2.75) is 44.9 Å². The van der Waals surface area contributed by atoms with E-state index in [0.717, 1.165) is 6.92 Å². The minimum absolute atomic E-state index is 0.00240. The molecule has 0 bridgehead atoms. The quantitative estimate of drug-likeness (QED) is 0.773. The lowest BCUT2D eigenvalue weighted by Crippen LogP contribution is -2.56. The average molecular weight is 296 g/mol. The molecule has 20 heavy (non-hydrogen) atoms. The smallest absolute Gasteiger partial charge is 0.400 e. The van der Waals surface area contributed by atoms with Gasteiger partial charge in [0, 0.05) is 12.1 Å². The molecule has 0 aromatic carbocycles. The third kappa shape index (κ3) is 4.36. The Morgan fingerprint density at radius 2 is 1.95 bits per heavy atom. The van der Waals surface area contributed by atoms with E-state index >= 15 is 0 Å². The van der Waals surface area contributed by atoms with Crippen LogP contribution >= 0.6 is 0 Å². The summed E-state index contributed by atoms with van der Waals surface area (Å²) in [7, 11) is 0. The van der Waals surface area contributed by atoms with Crippen LogP contribution in [-0.2, 0) is 9.59 Å². The van der Waals surface area contributed by atoms with Gasteiger partial charge in [-0.2, -0.15) is 13.2 Å². The molecule has 1 amide bonds. The molecule has 0 saturated heterocycles. The molecule has 116 valence electrons. The Hall–Kier alpha value is -1.31. The van der Waals surface area contributed by atoms with Gasteiger partial charge in [0.1, 0.15) is 5.92 Å². The van der Waals surface area contributed by atoms with Crippen molar-refractivity contribution in [1.82, 2.24) is 10.2 Å². The van der Waals surface area contributed by atoms with Crippen LogP contribution in [0.1, 0.15) is 26.7 Å². The van der Waals surface area contributed by atoms with Crippen molar-refractivity contribution >= 4 is 11.9 Å². The van der Waals surface area contributed by atoms with Crippen molar-refractivity contribution in [3.05, 3.63) is 0 Å². The van der Waals surface area contributed by atoms with Crippen molar-refractivity contribution in [2.75, 3.05) is 13.1 Å². The second-order valence-corrected chi connectivity index (χ2v) is 5.05. The van der Waals surface area contributed by atoms with Crippen LogP contribution in [0.15, 0.2) is 0 Å². The van der Waals surface area contributed by atoms with Crippen molar-refractivity contribution in [3.63, 3.8) is 0 Å². The minimum Gasteiger partial charge on any atom is -0.480 e. The number of likely N-dealkylation sites (N-methyl/N-ethyl adjacent to an activating group) is 1. The maximum absolute atomic E-state index is 12.3. The highest BCUT2D eigenvalue weighted by atomic mass is 19.4. The van der Waals surface area contributed by atoms with Gasteiger partial charge in [0.2, 0.25) is 5.91 Å². The van der Waals surface area contributed by atoms with Crippen LogP contribution in [0.25, 0.3) is 0 Å². The van der Waals surface area contributed by atoms with Crippen molar-refractivity contribution in [1.29, 1.82) is 0 Å². The topological polar surface area (TPSA) is 69.6 Å². The number of carboxylic acids is 1. The number of nitrogens with zero attached hydrogens (tertiary/aromatic N) is 1. The maximum atomic E-state index is 12.3. The Morgan fingerprint density at radius 1 is 1.40 bits per heavy atom. The number of halogens is 3. The summed E-state index contributed by atoms with van der Waals surface area (Å²) in [5, 5.41) is 11.1. The van der Waals surface area contributed by atoms with E-state index in [-0.39, 0.29) is 18.6 Å². The molecule has 0 aromatic heterocycles. The predicted octanol–water partition coefficient (Wildman–Crippen LogP) is 1.24. The van der Waals surface area contributed by atoms with Gasteiger partial charge >= 0.3 is 12.1 Å². The van der Waals surface area contributed by atoms with Crippen LogP contribution in [0.4, 0.5) is 13.2 Å². The van der Waals surface area contributed by atoms with Crippen LogP contribution in [0.2, 0.25) is 0 Å². The van der Waals surface area contributed by atoms with Crippen LogP contribution in [0.5, 0.6) is 0 Å². The molecule has 5 nitrogen and oxygen atoms in total. The molecule has 0 heterocycles. The first-order valence-corrected chi connectivity index (χ1v) is 6.48. The Labute approximate surface area is 115 Å². The van der Waals surface area contributed by atoms with Gasteiger partial charge < -0.3 is 10.4 Å². The molecule has 1 aliphatic rings. The van der Waals surface area contributed by atoms with Gasteiger partial charge in [-0.3, -0.25) is 14.5 Å². The number of hydrogen-bond acceptors (Lipinski definition) is 3. The Bertz CT molecular complexity index is 367. The van der Waals surface area contributed by atoms with E-state index in [0.29, 0.717) is 19.4 Å². The van der Waals surface area contributed by atoms with E-state index < -0.39 is 24.0 Å². The minimum atomic E-state index is -4.54. The number of rotatable bonds is 6. The van der Waals surface area contributed by atoms with Gasteiger partial charge in [0.25, 0.3) is 0 Å². The number of carbonyl (C=O) groups is 2. The van der Waals surface area contributed by atoms with Gasteiger partial charge in [-0.05, 0) is 26.3 Å². The molecule has 1 saturated carbocycles. The second-order valence-electron chi connectivity index (χ2n) is 5.05. The number of amides is 1. The lowest BCUT2D eigenvalue weighted by Gasteiger charge is -2.42. The van der Waals surface area contributed by atoms with E-state index in [1.807, 2.05) is 6.92 Å². The lowest BCUT2D eigenvalue weighted by molar-refractivity contribution is -0.179. The molecule has 2 N–H and O–H groups in total. The average Bonchev–Trinajstić information content (AvgIpc) is 2.27. The largest absolute Gasteiger partial charge is 0.480 e. The molecule has 0 aliphatic heterocycles. The van der Waals surface area contributed by atoms with E-state index in [2.05, 4.69) is 5.32 Å². The van der Waals surface area contributed by atoms with Crippen LogP contribution in [0.3, 0.4) is 0 Å². The summed E-state index contributed by atoms with van der Waals surface area (Å²) in [5.74, 6) is -3.99. The Kier molecular flexibility index (Phi) is 5.38. The van der Waals surface area contributed by atoms with E-state index in [4.69, 9.17) is 5.11 Å². The van der Waals surface area contributed by atoms with Crippen molar-refractivity contribution in [3.8, 4) is 0 Å². The fourth-order valence-corrected chi connectivity index (χ4v) is 2.15. The highest BCUT2D eigenvalue weighted by Gasteiger charge is 2.43. The number of aliphatic carboxylic acids is 1. The molecular weight excluding hydrogens is 277 g/mol. The summed E-state index contributed by atoms with van der Waals surface area (Å²) < 4.78 is 37.0. The highest BCUT2D eigenvalue weighted by Crippen LogP contribution is 2.29. The summed E-state index contributed by atoms with van der Waals surface area (Å²) >= 11 is 0. The standard InChI is InChI=1S/C12H19F3N2O3/c1-3-17(6-10(18)19)9-4-8(5-9)16-11(20)7(2)12(13,14)15/h7-9H,3-6H2,1-2H3,(H,16,20)(H,18,19). The van der Waals surface area contributed by atoms with Crippen LogP contribution in [0, 0.1) is 5.92 Å². The molecule has 0 spiro atoms. The van der Waals surface area contributed by atoms with Crippen LogP contribution in [-0.4, -0.2) is 53.2 Å². The lowest BCUT2D eigenvalue weighted by atomic mass is 9.85. The van der Waals surface area contributed by atoms with E-state index in [9.17, 15) is 22.8 Å². The Balaban J connectivity index is 2.38. The third-order valence-electron chi connectivity index (χ3n) is 3.60. The number of hydrogen-bond donors (Lipinski definition) is 2. The molecule has 1 rings (SSSR count). The summed E-state index contributed by atoms with van der Waals surface area (Å²) in [4.78, 5) is 23.7. The fourth-order valence-electron chi connectivity index (χ4n) is 2.15. The molecule has 1 aliphatic carbocycles. The maximum Gasteiger partial charge on any atom is 0.400 e. The molecule has 1 fully saturated rings. The van der Waals surface area contributed by atoms with Crippen molar-refractivity contribution < 1.29 is 27.9 Å². The zero-order valence-corrected chi connectivity index (χ0v) is 11.4. The third-order valence-corrected chi connectivity index (χ3v) is 3.60. The van der Waals surface area contributed by atoms with Gasteiger partial charge in [-0.15, -0.1) is 0 Å². The highest BCUT2D eigenvalue weighted by molar-refractivity contribution is 5.79. The summed E-state index contributed by atoms with van der Waals surface area (Å²) in [5.41, 5.74) is 0. The first-order chi connectivity index (χ1) is 9.15. The number of alkyl halides is 3. The molecule has 0 radical (unpaired) electrons. The number of carbonyl (C=O) groups excluding carboxylic acids is 1. The first kappa shape index (κ1) is 16.7. The number of nitrogens with one attached hydrogen (secondary N) is 1. The normalized spacial score (nSPS) is 24.1. The fraction of sp³-hybridized carbons (Fsp3) is 0.833. The summed E-state index contributed by atoms with van der Waals surface area (Å²) in [6.45, 7) is 3.10. The SMILES string of the molecule is CCN(CC(=O)O)C1CC(NC(=O)C(C)C(F)(F)F)C1. The van der Waals surface area contributed by atoms with Crippen molar-refractivity contribution in [2.24, 2.45) is 5.92 Å². The molecular formula is C12H19F3N2O3. The number of carboxylic acid groups (broad SMARTS) is 1. The van der Waals surface area contributed by atoms with Gasteiger partial charge in [-0.1, -0.05) is 6.92 Å². The monoisotopic (exact) mass is 296 g/mol. The predicted molar refractivity (Wildman–Crippen MR) is 65.1 cm³/mol.